The molecule has 2 unspecified atom stereocenters. The van der Waals surface area contributed by atoms with Crippen molar-refractivity contribution in [3.63, 3.8) is 0 Å². The third-order valence-electron chi connectivity index (χ3n) is 2.07. The summed E-state index contributed by atoms with van der Waals surface area (Å²) in [6.45, 7) is 0. The summed E-state index contributed by atoms with van der Waals surface area (Å²) < 4.78 is 34.1. The van der Waals surface area contributed by atoms with Crippen molar-refractivity contribution in [2.24, 2.45) is 5.73 Å². The standard InChI is InChI=1S/C9H11N.H2O4S/c10-9-6-8(9)7-4-2-1-3-5-7;1-5(2,3)4/h1-5,8-9H,6,10H2;(H2,1,2,3,4)/p-2. The summed E-state index contributed by atoms with van der Waals surface area (Å²) in [6, 6.07) is 10.9. The Kier molecular flexibility index (Phi) is 3.81. The fraction of sp³-hybridized carbons (Fsp3) is 0.333. The Morgan fingerprint density at radius 3 is 1.93 bits per heavy atom. The van der Waals surface area contributed by atoms with E-state index in [4.69, 9.17) is 23.3 Å². The quantitative estimate of drug-likeness (QED) is 0.545. The normalized spacial score (nSPS) is 23.9. The molecule has 15 heavy (non-hydrogen) atoms. The SMILES string of the molecule is NC1CC1c1ccccc1.O=S(=O)([O-])[O-]. The Hall–Kier alpha value is -0.950. The molecule has 0 saturated heterocycles. The molecule has 0 amide bonds. The summed E-state index contributed by atoms with van der Waals surface area (Å²) in [4.78, 5) is 0. The van der Waals surface area contributed by atoms with Gasteiger partial charge in [0.1, 0.15) is 0 Å². The molecule has 1 aromatic rings. The first-order valence-corrected chi connectivity index (χ1v) is 5.68. The highest BCUT2D eigenvalue weighted by Gasteiger charge is 2.34. The highest BCUT2D eigenvalue weighted by atomic mass is 32.3. The lowest BCUT2D eigenvalue weighted by atomic mass is 10.1. The topological polar surface area (TPSA) is 106 Å². The van der Waals surface area contributed by atoms with E-state index in [0.717, 1.165) is 0 Å². The average Bonchev–Trinajstić information content (AvgIpc) is 2.81. The molecule has 0 aromatic heterocycles. The second kappa shape index (κ2) is 4.71. The van der Waals surface area contributed by atoms with Crippen molar-refractivity contribution in [2.75, 3.05) is 0 Å². The van der Waals surface area contributed by atoms with Gasteiger partial charge >= 0.3 is 0 Å². The van der Waals surface area contributed by atoms with Crippen molar-refractivity contribution < 1.29 is 17.5 Å². The summed E-state index contributed by atoms with van der Waals surface area (Å²) >= 11 is 0. The van der Waals surface area contributed by atoms with Crippen molar-refractivity contribution in [3.05, 3.63) is 35.9 Å². The van der Waals surface area contributed by atoms with E-state index in [0.29, 0.717) is 12.0 Å². The van der Waals surface area contributed by atoms with Gasteiger partial charge in [-0.05, 0) is 12.0 Å². The van der Waals surface area contributed by atoms with Gasteiger partial charge in [0.05, 0.1) is 0 Å². The molecule has 2 N–H and O–H groups in total. The van der Waals surface area contributed by atoms with E-state index >= 15 is 0 Å². The van der Waals surface area contributed by atoms with Crippen molar-refractivity contribution >= 4 is 10.4 Å². The van der Waals surface area contributed by atoms with Gasteiger partial charge in [0.25, 0.3) is 0 Å². The Morgan fingerprint density at radius 1 is 1.20 bits per heavy atom. The van der Waals surface area contributed by atoms with Crippen LogP contribution in [-0.2, 0) is 10.4 Å². The summed E-state index contributed by atoms with van der Waals surface area (Å²) in [7, 11) is -5.17. The van der Waals surface area contributed by atoms with E-state index in [-0.39, 0.29) is 0 Å². The summed E-state index contributed by atoms with van der Waals surface area (Å²) in [5.41, 5.74) is 7.10. The lowest BCUT2D eigenvalue weighted by Crippen LogP contribution is -2.00. The minimum absolute atomic E-state index is 0.433. The van der Waals surface area contributed by atoms with Crippen LogP contribution in [0.5, 0.6) is 0 Å². The number of benzene rings is 1. The third kappa shape index (κ3) is 5.48. The molecular weight excluding hydrogens is 218 g/mol. The van der Waals surface area contributed by atoms with E-state index in [9.17, 15) is 0 Å². The highest BCUT2D eigenvalue weighted by Crippen LogP contribution is 2.38. The molecule has 2 atom stereocenters. The molecule has 0 spiro atoms. The lowest BCUT2D eigenvalue weighted by Gasteiger charge is -2.06. The summed E-state index contributed by atoms with van der Waals surface area (Å²) in [6.07, 6.45) is 1.17. The van der Waals surface area contributed by atoms with Gasteiger partial charge in [-0.15, -0.1) is 0 Å². The van der Waals surface area contributed by atoms with Crippen LogP contribution in [0.15, 0.2) is 30.3 Å². The minimum atomic E-state index is -5.17. The second-order valence-electron chi connectivity index (χ2n) is 3.32. The Morgan fingerprint density at radius 2 is 1.60 bits per heavy atom. The van der Waals surface area contributed by atoms with E-state index in [1.54, 1.807) is 0 Å². The zero-order valence-corrected chi connectivity index (χ0v) is 8.68. The van der Waals surface area contributed by atoms with Gasteiger partial charge in [-0.25, -0.2) is 0 Å². The van der Waals surface area contributed by atoms with Gasteiger partial charge in [-0.3, -0.25) is 8.42 Å². The highest BCUT2D eigenvalue weighted by molar-refractivity contribution is 7.79. The summed E-state index contributed by atoms with van der Waals surface area (Å²) in [5, 5.41) is 0. The van der Waals surface area contributed by atoms with Gasteiger partial charge < -0.3 is 14.8 Å². The Labute approximate surface area is 88.5 Å². The predicted octanol–water partition coefficient (Wildman–Crippen LogP) is 0.163. The van der Waals surface area contributed by atoms with Crippen LogP contribution >= 0.6 is 0 Å². The van der Waals surface area contributed by atoms with E-state index in [1.807, 2.05) is 6.07 Å². The number of rotatable bonds is 1. The molecule has 1 saturated carbocycles. The van der Waals surface area contributed by atoms with Crippen LogP contribution in [0.3, 0.4) is 0 Å². The molecule has 0 bridgehead atoms. The molecule has 2 rings (SSSR count). The largest absolute Gasteiger partial charge is 0.759 e. The molecule has 1 aliphatic carbocycles. The van der Waals surface area contributed by atoms with Crippen LogP contribution in [0.25, 0.3) is 0 Å². The molecule has 1 aliphatic rings. The third-order valence-corrected chi connectivity index (χ3v) is 2.07. The van der Waals surface area contributed by atoms with E-state index in [1.165, 1.54) is 12.0 Å². The monoisotopic (exact) mass is 229 g/mol. The molecule has 84 valence electrons. The van der Waals surface area contributed by atoms with E-state index in [2.05, 4.69) is 24.3 Å². The van der Waals surface area contributed by atoms with Gasteiger partial charge in [0.15, 0.2) is 0 Å². The molecule has 1 aromatic carbocycles. The van der Waals surface area contributed by atoms with Crippen LogP contribution < -0.4 is 5.73 Å². The van der Waals surface area contributed by atoms with Gasteiger partial charge in [0.2, 0.25) is 0 Å². The fourth-order valence-corrected chi connectivity index (χ4v) is 1.30. The molecule has 0 radical (unpaired) electrons. The van der Waals surface area contributed by atoms with Crippen LogP contribution in [0.4, 0.5) is 0 Å². The van der Waals surface area contributed by atoms with Crippen molar-refractivity contribution in [1.29, 1.82) is 0 Å². The maximum absolute atomic E-state index is 8.52. The van der Waals surface area contributed by atoms with Crippen molar-refractivity contribution in [2.45, 2.75) is 18.4 Å². The van der Waals surface area contributed by atoms with E-state index < -0.39 is 10.4 Å². The molecule has 0 heterocycles. The predicted molar refractivity (Wildman–Crippen MR) is 52.3 cm³/mol. The Balaban J connectivity index is 0.000000195. The molecule has 1 fully saturated rings. The maximum Gasteiger partial charge on any atom is 0.0311 e. The number of hydrogen-bond donors (Lipinski definition) is 1. The van der Waals surface area contributed by atoms with Crippen LogP contribution in [0.2, 0.25) is 0 Å². The van der Waals surface area contributed by atoms with Crippen LogP contribution in [-0.4, -0.2) is 23.6 Å². The Bertz CT molecular complexity index is 395. The van der Waals surface area contributed by atoms with Crippen molar-refractivity contribution in [3.8, 4) is 0 Å². The van der Waals surface area contributed by atoms with Gasteiger partial charge in [0, 0.05) is 22.4 Å². The molecular formula is C9H11NO4S-2. The zero-order chi connectivity index (χ0) is 11.5. The lowest BCUT2D eigenvalue weighted by molar-refractivity contribution is 0.352. The van der Waals surface area contributed by atoms with Crippen LogP contribution in [0, 0.1) is 0 Å². The van der Waals surface area contributed by atoms with Crippen LogP contribution in [0.1, 0.15) is 17.9 Å². The fourth-order valence-electron chi connectivity index (χ4n) is 1.30. The number of nitrogens with two attached hydrogens (primary N) is 1. The molecule has 5 nitrogen and oxygen atoms in total. The van der Waals surface area contributed by atoms with Gasteiger partial charge in [-0.2, -0.15) is 0 Å². The average molecular weight is 229 g/mol. The number of hydrogen-bond acceptors (Lipinski definition) is 5. The maximum atomic E-state index is 8.52. The van der Waals surface area contributed by atoms with Gasteiger partial charge in [-0.1, -0.05) is 30.3 Å². The minimum Gasteiger partial charge on any atom is -0.759 e. The first-order valence-electron chi connectivity index (χ1n) is 4.35. The molecule has 6 heteroatoms. The molecule has 0 aliphatic heterocycles. The first-order chi connectivity index (χ1) is 6.88. The second-order valence-corrected chi connectivity index (χ2v) is 4.14. The zero-order valence-electron chi connectivity index (χ0n) is 7.87. The van der Waals surface area contributed by atoms with Crippen molar-refractivity contribution in [1.82, 2.24) is 0 Å². The first kappa shape index (κ1) is 12.1. The smallest absolute Gasteiger partial charge is 0.0311 e. The summed E-state index contributed by atoms with van der Waals surface area (Å²) in [5.74, 6) is 0.654.